The van der Waals surface area contributed by atoms with E-state index in [0.29, 0.717) is 66.0 Å². The van der Waals surface area contributed by atoms with Crippen LogP contribution in [0.4, 0.5) is 9.18 Å². The molecule has 2 aromatic rings. The third-order valence-electron chi connectivity index (χ3n) is 8.83. The van der Waals surface area contributed by atoms with E-state index in [1.54, 1.807) is 37.1 Å². The number of thiazole rings is 1. The zero-order valence-electron chi connectivity index (χ0n) is 24.8. The van der Waals surface area contributed by atoms with Gasteiger partial charge in [0.2, 0.25) is 0 Å². The summed E-state index contributed by atoms with van der Waals surface area (Å²) in [5.41, 5.74) is 0.162. The summed E-state index contributed by atoms with van der Waals surface area (Å²) in [7, 11) is 0. The van der Waals surface area contributed by atoms with Crippen LogP contribution < -0.4 is 5.32 Å². The molecule has 6 rings (SSSR count). The molecule has 12 nitrogen and oxygen atoms in total. The molecule has 234 valence electrons. The van der Waals surface area contributed by atoms with Gasteiger partial charge < -0.3 is 29.7 Å². The lowest BCUT2D eigenvalue weighted by atomic mass is 9.85. The first kappa shape index (κ1) is 30.2. The van der Waals surface area contributed by atoms with E-state index in [2.05, 4.69) is 15.2 Å². The SMILES string of the molecule is CCOC(=O)C1=C(CN2CCN3C(=O)N(CC4(C(=O)O)COC4)C[C@]3(C)C2)NC(c2nccs2)=N[C@H]1c1cccc(F)c1C. The van der Waals surface area contributed by atoms with Crippen molar-refractivity contribution in [2.45, 2.75) is 32.4 Å². The molecule has 4 aliphatic rings. The van der Waals surface area contributed by atoms with E-state index < -0.39 is 34.8 Å². The van der Waals surface area contributed by atoms with Crippen LogP contribution in [-0.2, 0) is 19.1 Å². The van der Waals surface area contributed by atoms with Gasteiger partial charge in [-0.25, -0.2) is 19.0 Å². The number of hydrogen-bond acceptors (Lipinski definition) is 10. The number of aliphatic carboxylic acids is 1. The van der Waals surface area contributed by atoms with Crippen molar-refractivity contribution in [3.63, 3.8) is 0 Å². The Morgan fingerprint density at radius 1 is 1.27 bits per heavy atom. The largest absolute Gasteiger partial charge is 0.481 e. The monoisotopic (exact) mass is 626 g/mol. The maximum Gasteiger partial charge on any atom is 0.338 e. The van der Waals surface area contributed by atoms with Gasteiger partial charge in [0, 0.05) is 56.5 Å². The molecule has 1 aromatic heterocycles. The summed E-state index contributed by atoms with van der Waals surface area (Å²) >= 11 is 1.40. The van der Waals surface area contributed by atoms with Crippen LogP contribution in [0.2, 0.25) is 0 Å². The second-order valence-corrected chi connectivity index (χ2v) is 12.9. The Hall–Kier alpha value is -3.88. The molecule has 0 aliphatic carbocycles. The van der Waals surface area contributed by atoms with E-state index in [1.807, 2.05) is 17.2 Å². The number of halogens is 1. The van der Waals surface area contributed by atoms with Crippen molar-refractivity contribution in [3.05, 3.63) is 63.0 Å². The highest BCUT2D eigenvalue weighted by molar-refractivity contribution is 7.11. The normalized spacial score (nSPS) is 24.9. The number of aromatic nitrogens is 1. The highest BCUT2D eigenvalue weighted by Crippen LogP contribution is 2.38. The van der Waals surface area contributed by atoms with Crippen molar-refractivity contribution in [2.75, 3.05) is 59.1 Å². The molecule has 2 atom stereocenters. The Balaban J connectivity index is 1.31. The highest BCUT2D eigenvalue weighted by atomic mass is 32.1. The minimum Gasteiger partial charge on any atom is -0.481 e. The fourth-order valence-electron chi connectivity index (χ4n) is 6.51. The zero-order valence-corrected chi connectivity index (χ0v) is 25.7. The summed E-state index contributed by atoms with van der Waals surface area (Å²) in [6, 6.07) is 3.75. The maximum atomic E-state index is 14.8. The third-order valence-corrected chi connectivity index (χ3v) is 9.61. The number of carboxylic acids is 1. The minimum atomic E-state index is -1.08. The number of urea groups is 1. The standard InChI is InChI=1S/C30H35FN6O6S/c1-4-43-26(38)22-21(33-24(25-32-8-11-44-25)34-23(22)19-6-5-7-20(31)18(19)2)12-35-9-10-37-28(41)36(14-29(37,3)13-35)15-30(27(39)40)16-42-17-30/h5-8,11,23H,4,9-10,12-17H2,1-3H3,(H,33,34)(H,39,40)/t23-,29-/m0/s1. The summed E-state index contributed by atoms with van der Waals surface area (Å²) in [5.74, 6) is -1.42. The molecule has 2 N–H and O–H groups in total. The van der Waals surface area contributed by atoms with Gasteiger partial charge >= 0.3 is 18.0 Å². The molecule has 4 aliphatic heterocycles. The number of nitrogens with one attached hydrogen (secondary N) is 1. The fraction of sp³-hybridized carbons (Fsp3) is 0.500. The van der Waals surface area contributed by atoms with Crippen LogP contribution in [0, 0.1) is 18.2 Å². The first-order valence-corrected chi connectivity index (χ1v) is 15.4. The van der Waals surface area contributed by atoms with E-state index in [0.717, 1.165) is 0 Å². The summed E-state index contributed by atoms with van der Waals surface area (Å²) in [6.07, 6.45) is 1.67. The number of ether oxygens (including phenoxy) is 2. The number of fused-ring (bicyclic) bond motifs is 1. The van der Waals surface area contributed by atoms with Crippen LogP contribution in [0.3, 0.4) is 0 Å². The van der Waals surface area contributed by atoms with E-state index in [-0.39, 0.29) is 32.4 Å². The number of amides is 2. The van der Waals surface area contributed by atoms with Gasteiger partial charge in [-0.15, -0.1) is 11.3 Å². The number of hydrogen-bond donors (Lipinski definition) is 2. The minimum absolute atomic E-state index is 0.0837. The number of carbonyl (C=O) groups is 3. The number of rotatable bonds is 9. The van der Waals surface area contributed by atoms with Gasteiger partial charge in [0.1, 0.15) is 17.3 Å². The second kappa shape index (κ2) is 11.6. The Labute approximate surface area is 258 Å². The van der Waals surface area contributed by atoms with Gasteiger partial charge in [-0.1, -0.05) is 12.1 Å². The van der Waals surface area contributed by atoms with Gasteiger partial charge in [0.25, 0.3) is 0 Å². The second-order valence-electron chi connectivity index (χ2n) is 12.0. The van der Waals surface area contributed by atoms with Crippen LogP contribution in [0.15, 0.2) is 46.0 Å². The smallest absolute Gasteiger partial charge is 0.338 e. The van der Waals surface area contributed by atoms with Crippen LogP contribution in [0.5, 0.6) is 0 Å². The molecule has 1 aromatic carbocycles. The fourth-order valence-corrected chi connectivity index (χ4v) is 7.10. The molecule has 2 amide bonds. The highest BCUT2D eigenvalue weighted by Gasteiger charge is 2.55. The van der Waals surface area contributed by atoms with Crippen molar-refractivity contribution in [1.29, 1.82) is 0 Å². The van der Waals surface area contributed by atoms with Crippen LogP contribution in [-0.4, -0.2) is 113 Å². The van der Waals surface area contributed by atoms with Crippen molar-refractivity contribution in [3.8, 4) is 0 Å². The van der Waals surface area contributed by atoms with Crippen LogP contribution in [0.25, 0.3) is 0 Å². The third kappa shape index (κ3) is 5.24. The Morgan fingerprint density at radius 3 is 2.73 bits per heavy atom. The number of amidine groups is 1. The molecule has 0 unspecified atom stereocenters. The quantitative estimate of drug-likeness (QED) is 0.402. The van der Waals surface area contributed by atoms with E-state index in [9.17, 15) is 23.9 Å². The molecular formula is C30H35FN6O6S. The summed E-state index contributed by atoms with van der Waals surface area (Å²) in [5, 5.41) is 15.6. The summed E-state index contributed by atoms with van der Waals surface area (Å²) < 4.78 is 25.5. The van der Waals surface area contributed by atoms with Gasteiger partial charge in [0.15, 0.2) is 10.8 Å². The molecule has 3 saturated heterocycles. The average molecular weight is 627 g/mol. The molecule has 0 bridgehead atoms. The van der Waals surface area contributed by atoms with E-state index >= 15 is 0 Å². The van der Waals surface area contributed by atoms with Gasteiger partial charge in [-0.05, 0) is 38.0 Å². The molecule has 44 heavy (non-hydrogen) atoms. The van der Waals surface area contributed by atoms with Gasteiger partial charge in [0.05, 0.1) is 30.9 Å². The number of aliphatic imine (C=N–C) groups is 1. The number of benzene rings is 1. The average Bonchev–Trinajstić information content (AvgIpc) is 3.58. The summed E-state index contributed by atoms with van der Waals surface area (Å²) in [6.45, 7) is 7.94. The van der Waals surface area contributed by atoms with Crippen molar-refractivity contribution >= 4 is 35.1 Å². The Bertz CT molecular complexity index is 1540. The van der Waals surface area contributed by atoms with E-state index in [4.69, 9.17) is 14.5 Å². The molecule has 0 saturated carbocycles. The first-order valence-electron chi connectivity index (χ1n) is 14.5. The van der Waals surface area contributed by atoms with Crippen LogP contribution >= 0.6 is 11.3 Å². The van der Waals surface area contributed by atoms with Crippen molar-refractivity contribution < 1.29 is 33.4 Å². The molecule has 3 fully saturated rings. The zero-order chi connectivity index (χ0) is 31.2. The van der Waals surface area contributed by atoms with Crippen molar-refractivity contribution in [1.82, 2.24) is 25.0 Å². The van der Waals surface area contributed by atoms with Gasteiger partial charge in [-0.3, -0.25) is 14.7 Å². The number of nitrogens with zero attached hydrogens (tertiary/aromatic N) is 5. The molecule has 0 spiro atoms. The van der Waals surface area contributed by atoms with Crippen molar-refractivity contribution in [2.24, 2.45) is 10.4 Å². The molecule has 5 heterocycles. The Morgan fingerprint density at radius 2 is 2.07 bits per heavy atom. The van der Waals surface area contributed by atoms with Gasteiger partial charge in [-0.2, -0.15) is 0 Å². The predicted octanol–water partition coefficient (Wildman–Crippen LogP) is 2.41. The first-order chi connectivity index (χ1) is 21.0. The summed E-state index contributed by atoms with van der Waals surface area (Å²) in [4.78, 5) is 53.8. The predicted molar refractivity (Wildman–Crippen MR) is 159 cm³/mol. The molecular weight excluding hydrogens is 591 g/mol. The lowest BCUT2D eigenvalue weighted by Gasteiger charge is -2.44. The number of esters is 1. The topological polar surface area (TPSA) is 137 Å². The van der Waals surface area contributed by atoms with Crippen LogP contribution in [0.1, 0.15) is 36.0 Å². The number of piperazine rings is 1. The molecule has 0 radical (unpaired) electrons. The van der Waals surface area contributed by atoms with E-state index in [1.165, 1.54) is 17.4 Å². The lowest BCUT2D eigenvalue weighted by molar-refractivity contribution is -0.181. The lowest BCUT2D eigenvalue weighted by Crippen LogP contribution is -2.60. The Kier molecular flexibility index (Phi) is 7.92. The number of carbonyl (C=O) groups excluding carboxylic acids is 2. The maximum absolute atomic E-state index is 14.8. The number of carboxylic acid groups (broad SMARTS) is 1. The molecule has 14 heteroatoms.